The number of carbonyl (C=O) groups is 1. The zero-order chi connectivity index (χ0) is 15.4. The Balaban J connectivity index is 2.42. The van der Waals surface area contributed by atoms with Crippen molar-refractivity contribution in [1.82, 2.24) is 0 Å². The highest BCUT2D eigenvalue weighted by molar-refractivity contribution is 9.10. The summed E-state index contributed by atoms with van der Waals surface area (Å²) in [6, 6.07) is 11.7. The summed E-state index contributed by atoms with van der Waals surface area (Å²) in [6.07, 6.45) is 0. The van der Waals surface area contributed by atoms with Crippen LogP contribution >= 0.6 is 39.1 Å². The summed E-state index contributed by atoms with van der Waals surface area (Å²) in [6.45, 7) is 0. The first-order valence-electron chi connectivity index (χ1n) is 6.06. The lowest BCUT2D eigenvalue weighted by atomic mass is 10.1. The molecule has 3 nitrogen and oxygen atoms in total. The van der Waals surface area contributed by atoms with Crippen molar-refractivity contribution in [3.63, 3.8) is 0 Å². The number of carbonyl (C=O) groups excluding carboxylic acids is 1. The summed E-state index contributed by atoms with van der Waals surface area (Å²) >= 11 is 15.7. The van der Waals surface area contributed by atoms with Crippen molar-refractivity contribution < 1.29 is 9.53 Å². The first kappa shape index (κ1) is 16.1. The SMILES string of the molecule is COC(=O)C(Nc1cccc(Br)c1)c1c(Cl)cccc1Cl. The molecule has 0 saturated carbocycles. The number of ether oxygens (including phenoxy) is 1. The Morgan fingerprint density at radius 1 is 1.19 bits per heavy atom. The van der Waals surface area contributed by atoms with E-state index in [2.05, 4.69) is 21.2 Å². The Kier molecular flexibility index (Phi) is 5.51. The van der Waals surface area contributed by atoms with Crippen LogP contribution in [-0.2, 0) is 9.53 Å². The number of nitrogens with one attached hydrogen (secondary N) is 1. The summed E-state index contributed by atoms with van der Waals surface area (Å²) in [7, 11) is 1.32. The van der Waals surface area contributed by atoms with Gasteiger partial charge in [-0.3, -0.25) is 0 Å². The maximum atomic E-state index is 12.1. The monoisotopic (exact) mass is 387 g/mol. The van der Waals surface area contributed by atoms with Crippen LogP contribution in [0.15, 0.2) is 46.9 Å². The molecule has 1 unspecified atom stereocenters. The van der Waals surface area contributed by atoms with Gasteiger partial charge in [-0.2, -0.15) is 0 Å². The quantitative estimate of drug-likeness (QED) is 0.742. The van der Waals surface area contributed by atoms with Gasteiger partial charge < -0.3 is 10.1 Å². The molecule has 0 heterocycles. The van der Waals surface area contributed by atoms with Gasteiger partial charge in [0.1, 0.15) is 0 Å². The molecule has 110 valence electrons. The third-order valence-corrected chi connectivity index (χ3v) is 4.01. The third-order valence-electron chi connectivity index (χ3n) is 2.86. The van der Waals surface area contributed by atoms with Crippen LogP contribution in [0.4, 0.5) is 5.69 Å². The molecular weight excluding hydrogens is 377 g/mol. The lowest BCUT2D eigenvalue weighted by Gasteiger charge is -2.20. The maximum Gasteiger partial charge on any atom is 0.333 e. The first-order chi connectivity index (χ1) is 10.0. The zero-order valence-electron chi connectivity index (χ0n) is 11.1. The summed E-state index contributed by atoms with van der Waals surface area (Å²) in [4.78, 5) is 12.1. The second kappa shape index (κ2) is 7.16. The number of benzene rings is 2. The Bertz CT molecular complexity index is 644. The summed E-state index contributed by atoms with van der Waals surface area (Å²) in [5, 5.41) is 3.90. The van der Waals surface area contributed by atoms with E-state index >= 15 is 0 Å². The molecule has 21 heavy (non-hydrogen) atoms. The Labute approximate surface area is 141 Å². The molecule has 2 aromatic carbocycles. The van der Waals surface area contributed by atoms with Crippen molar-refractivity contribution in [2.75, 3.05) is 12.4 Å². The lowest BCUT2D eigenvalue weighted by Crippen LogP contribution is -2.23. The number of hydrogen-bond donors (Lipinski definition) is 1. The largest absolute Gasteiger partial charge is 0.467 e. The van der Waals surface area contributed by atoms with Crippen molar-refractivity contribution in [2.45, 2.75) is 6.04 Å². The summed E-state index contributed by atoms with van der Waals surface area (Å²) in [5.74, 6) is -0.468. The first-order valence-corrected chi connectivity index (χ1v) is 7.61. The molecule has 1 N–H and O–H groups in total. The predicted octanol–water partition coefficient (Wildman–Crippen LogP) is 5.08. The highest BCUT2D eigenvalue weighted by atomic mass is 79.9. The molecule has 1 atom stereocenters. The number of methoxy groups -OCH3 is 1. The fourth-order valence-corrected chi connectivity index (χ4v) is 2.91. The number of anilines is 1. The van der Waals surface area contributed by atoms with Crippen LogP contribution < -0.4 is 5.32 Å². The molecule has 0 amide bonds. The lowest BCUT2D eigenvalue weighted by molar-refractivity contribution is -0.141. The van der Waals surface area contributed by atoms with Crippen LogP contribution in [0.5, 0.6) is 0 Å². The number of esters is 1. The van der Waals surface area contributed by atoms with E-state index in [4.69, 9.17) is 27.9 Å². The molecule has 2 aromatic rings. The van der Waals surface area contributed by atoms with E-state index in [1.165, 1.54) is 7.11 Å². The van der Waals surface area contributed by atoms with Gasteiger partial charge in [0.05, 0.1) is 7.11 Å². The molecule has 0 aliphatic rings. The van der Waals surface area contributed by atoms with Crippen molar-refractivity contribution >= 4 is 50.8 Å². The van der Waals surface area contributed by atoms with Gasteiger partial charge in [0, 0.05) is 25.8 Å². The topological polar surface area (TPSA) is 38.3 Å². The zero-order valence-corrected chi connectivity index (χ0v) is 14.2. The molecule has 0 saturated heterocycles. The van der Waals surface area contributed by atoms with Gasteiger partial charge in [0.2, 0.25) is 0 Å². The molecule has 0 aliphatic carbocycles. The van der Waals surface area contributed by atoms with E-state index in [-0.39, 0.29) is 0 Å². The van der Waals surface area contributed by atoms with Crippen LogP contribution in [0, 0.1) is 0 Å². The van der Waals surface area contributed by atoms with E-state index in [0.29, 0.717) is 15.6 Å². The molecule has 0 fully saturated rings. The fraction of sp³-hybridized carbons (Fsp3) is 0.133. The fourth-order valence-electron chi connectivity index (χ4n) is 1.90. The van der Waals surface area contributed by atoms with Crippen LogP contribution in [0.3, 0.4) is 0 Å². The van der Waals surface area contributed by atoms with E-state index in [1.54, 1.807) is 18.2 Å². The van der Waals surface area contributed by atoms with E-state index < -0.39 is 12.0 Å². The van der Waals surface area contributed by atoms with Crippen LogP contribution in [0.1, 0.15) is 11.6 Å². The van der Waals surface area contributed by atoms with Crippen LogP contribution in [0.25, 0.3) is 0 Å². The van der Waals surface area contributed by atoms with Crippen molar-refractivity contribution in [2.24, 2.45) is 0 Å². The van der Waals surface area contributed by atoms with E-state index in [9.17, 15) is 4.79 Å². The molecule has 0 bridgehead atoms. The van der Waals surface area contributed by atoms with Gasteiger partial charge in [0.15, 0.2) is 6.04 Å². The minimum Gasteiger partial charge on any atom is -0.467 e. The minimum atomic E-state index is -0.787. The molecular formula is C15H12BrCl2NO2. The van der Waals surface area contributed by atoms with E-state index in [0.717, 1.165) is 10.2 Å². The van der Waals surface area contributed by atoms with Gasteiger partial charge in [-0.1, -0.05) is 51.3 Å². The number of halogens is 3. The maximum absolute atomic E-state index is 12.1. The molecule has 0 aromatic heterocycles. The average molecular weight is 389 g/mol. The second-order valence-corrected chi connectivity index (χ2v) is 5.98. The highest BCUT2D eigenvalue weighted by Crippen LogP contribution is 2.33. The van der Waals surface area contributed by atoms with Gasteiger partial charge >= 0.3 is 5.97 Å². The Hall–Kier alpha value is -1.23. The summed E-state index contributed by atoms with van der Waals surface area (Å²) < 4.78 is 5.74. The minimum absolute atomic E-state index is 0.403. The molecule has 6 heteroatoms. The number of rotatable bonds is 4. The predicted molar refractivity (Wildman–Crippen MR) is 89.0 cm³/mol. The second-order valence-electron chi connectivity index (χ2n) is 4.25. The van der Waals surface area contributed by atoms with Crippen LogP contribution in [0.2, 0.25) is 10.0 Å². The molecule has 0 aliphatic heterocycles. The molecule has 0 radical (unpaired) electrons. The molecule has 2 rings (SSSR count). The molecule has 0 spiro atoms. The van der Waals surface area contributed by atoms with Gasteiger partial charge in [-0.05, 0) is 30.3 Å². The number of hydrogen-bond acceptors (Lipinski definition) is 3. The van der Waals surface area contributed by atoms with Gasteiger partial charge in [-0.15, -0.1) is 0 Å². The highest BCUT2D eigenvalue weighted by Gasteiger charge is 2.26. The van der Waals surface area contributed by atoms with E-state index in [1.807, 2.05) is 24.3 Å². The van der Waals surface area contributed by atoms with Gasteiger partial charge in [0.25, 0.3) is 0 Å². The van der Waals surface area contributed by atoms with Crippen molar-refractivity contribution in [3.8, 4) is 0 Å². The van der Waals surface area contributed by atoms with Crippen molar-refractivity contribution in [1.29, 1.82) is 0 Å². The smallest absolute Gasteiger partial charge is 0.333 e. The Morgan fingerprint density at radius 3 is 2.38 bits per heavy atom. The third kappa shape index (κ3) is 3.90. The van der Waals surface area contributed by atoms with Gasteiger partial charge in [-0.25, -0.2) is 4.79 Å². The Morgan fingerprint density at radius 2 is 1.81 bits per heavy atom. The standard InChI is InChI=1S/C15H12BrCl2NO2/c1-21-15(20)14(13-11(17)6-3-7-12(13)18)19-10-5-2-4-9(16)8-10/h2-8,14,19H,1H3. The van der Waals surface area contributed by atoms with Crippen molar-refractivity contribution in [3.05, 3.63) is 62.5 Å². The van der Waals surface area contributed by atoms with Crippen LogP contribution in [-0.4, -0.2) is 13.1 Å². The normalized spacial score (nSPS) is 11.8. The summed E-state index contributed by atoms with van der Waals surface area (Å²) in [5.41, 5.74) is 1.24. The average Bonchev–Trinajstić information content (AvgIpc) is 2.45.